The van der Waals surface area contributed by atoms with Gasteiger partial charge in [-0.25, -0.2) is 9.18 Å². The number of fused-ring (bicyclic) bond motifs is 2. The van der Waals surface area contributed by atoms with Gasteiger partial charge in [0, 0.05) is 43.0 Å². The summed E-state index contributed by atoms with van der Waals surface area (Å²) in [5, 5.41) is 6.15. The third-order valence-corrected chi connectivity index (χ3v) is 6.10. The first-order chi connectivity index (χ1) is 13.1. The summed E-state index contributed by atoms with van der Waals surface area (Å²) in [5.41, 5.74) is 3.11. The maximum Gasteiger partial charge on any atom is 0.319 e. The van der Waals surface area contributed by atoms with Gasteiger partial charge in [0.2, 0.25) is 0 Å². The van der Waals surface area contributed by atoms with Crippen molar-refractivity contribution in [2.24, 2.45) is 0 Å². The molecular weight excluding hydrogens is 341 g/mol. The molecule has 2 amide bonds. The second-order valence-electron chi connectivity index (χ2n) is 7.93. The number of anilines is 1. The predicted molar refractivity (Wildman–Crippen MR) is 104 cm³/mol. The fourth-order valence-corrected chi connectivity index (χ4v) is 4.73. The van der Waals surface area contributed by atoms with Crippen LogP contribution in [0.3, 0.4) is 0 Å². The van der Waals surface area contributed by atoms with E-state index < -0.39 is 0 Å². The van der Waals surface area contributed by atoms with Gasteiger partial charge in [-0.05, 0) is 30.7 Å². The summed E-state index contributed by atoms with van der Waals surface area (Å²) >= 11 is 0. The molecule has 142 valence electrons. The van der Waals surface area contributed by atoms with Crippen molar-refractivity contribution >= 4 is 11.7 Å². The third kappa shape index (κ3) is 4.14. The molecule has 5 heteroatoms. The van der Waals surface area contributed by atoms with E-state index in [-0.39, 0.29) is 17.9 Å². The Kier molecular flexibility index (Phi) is 5.12. The number of halogens is 1. The minimum absolute atomic E-state index is 0.115. The molecule has 2 bridgehead atoms. The zero-order valence-electron chi connectivity index (χ0n) is 15.7. The van der Waals surface area contributed by atoms with Gasteiger partial charge in [-0.1, -0.05) is 30.3 Å². The molecule has 2 saturated heterocycles. The number of hydrogen-bond acceptors (Lipinski definition) is 1. The van der Waals surface area contributed by atoms with E-state index >= 15 is 0 Å². The van der Waals surface area contributed by atoms with Crippen molar-refractivity contribution in [3.8, 4) is 0 Å². The average molecular weight is 368 g/mol. The van der Waals surface area contributed by atoms with E-state index in [0.717, 1.165) is 30.6 Å². The van der Waals surface area contributed by atoms with E-state index in [9.17, 15) is 9.18 Å². The number of nitrogens with one attached hydrogen (secondary N) is 3. The molecular formula is C22H27FN3O+. The molecule has 2 aromatic rings. The molecule has 2 fully saturated rings. The van der Waals surface area contributed by atoms with Crippen LogP contribution in [-0.2, 0) is 6.54 Å². The summed E-state index contributed by atoms with van der Waals surface area (Å²) in [6.07, 6.45) is 4.43. The standard InChI is InChI=1S/C22H26FN3O/c1-15-4-2-3-5-21(15)25-22(27)24-18-12-19-10-11-20(13-18)26(19)14-16-6-8-17(23)9-7-16/h2-9,18-20H,10-14H2,1H3,(H2,24,25,27)/p+1/t18?,19-,20+. The molecule has 4 atom stereocenters. The number of para-hydroxylation sites is 1. The Morgan fingerprint density at radius 2 is 1.74 bits per heavy atom. The van der Waals surface area contributed by atoms with Crippen LogP contribution in [0.2, 0.25) is 0 Å². The number of carbonyl (C=O) groups is 1. The Bertz CT molecular complexity index is 793. The van der Waals surface area contributed by atoms with Crippen LogP contribution in [0.5, 0.6) is 0 Å². The second-order valence-corrected chi connectivity index (χ2v) is 7.93. The first-order valence-electron chi connectivity index (χ1n) is 9.81. The van der Waals surface area contributed by atoms with Crippen LogP contribution in [0.25, 0.3) is 0 Å². The monoisotopic (exact) mass is 368 g/mol. The molecule has 2 unspecified atom stereocenters. The first-order valence-corrected chi connectivity index (χ1v) is 9.81. The average Bonchev–Trinajstić information content (AvgIpc) is 2.87. The zero-order chi connectivity index (χ0) is 18.8. The molecule has 2 aliphatic rings. The molecule has 2 aliphatic heterocycles. The molecule has 0 aliphatic carbocycles. The van der Waals surface area contributed by atoms with Gasteiger partial charge < -0.3 is 15.5 Å². The summed E-state index contributed by atoms with van der Waals surface area (Å²) < 4.78 is 13.1. The van der Waals surface area contributed by atoms with E-state index in [1.165, 1.54) is 18.4 Å². The maximum atomic E-state index is 13.1. The molecule has 2 heterocycles. The second kappa shape index (κ2) is 7.69. The van der Waals surface area contributed by atoms with Crippen molar-refractivity contribution in [2.75, 3.05) is 5.32 Å². The summed E-state index contributed by atoms with van der Waals surface area (Å²) in [4.78, 5) is 14.0. The highest BCUT2D eigenvalue weighted by Crippen LogP contribution is 2.24. The topological polar surface area (TPSA) is 45.6 Å². The van der Waals surface area contributed by atoms with Gasteiger partial charge in [0.25, 0.3) is 0 Å². The van der Waals surface area contributed by atoms with E-state index in [4.69, 9.17) is 0 Å². The number of quaternary nitrogens is 1. The smallest absolute Gasteiger partial charge is 0.319 e. The van der Waals surface area contributed by atoms with Crippen LogP contribution >= 0.6 is 0 Å². The summed E-state index contributed by atoms with van der Waals surface area (Å²) in [5.74, 6) is -0.181. The maximum absolute atomic E-state index is 13.1. The third-order valence-electron chi connectivity index (χ3n) is 6.10. The van der Waals surface area contributed by atoms with Gasteiger partial charge >= 0.3 is 6.03 Å². The molecule has 4 nitrogen and oxygen atoms in total. The van der Waals surface area contributed by atoms with E-state index in [0.29, 0.717) is 12.1 Å². The molecule has 0 aromatic heterocycles. The SMILES string of the molecule is Cc1ccccc1NC(=O)NC1C[C@H]2CC[C@@H](C1)[NH+]2Cc1ccc(F)cc1. The largest absolute Gasteiger partial charge is 0.335 e. The molecule has 27 heavy (non-hydrogen) atoms. The Morgan fingerprint density at radius 3 is 2.41 bits per heavy atom. The van der Waals surface area contributed by atoms with Gasteiger partial charge in [0.05, 0.1) is 12.1 Å². The van der Waals surface area contributed by atoms with Gasteiger partial charge in [-0.3, -0.25) is 0 Å². The van der Waals surface area contributed by atoms with Gasteiger partial charge in [-0.2, -0.15) is 0 Å². The van der Waals surface area contributed by atoms with Gasteiger partial charge in [-0.15, -0.1) is 0 Å². The number of carbonyl (C=O) groups excluding carboxylic acids is 1. The lowest BCUT2D eigenvalue weighted by Crippen LogP contribution is -3.17. The molecule has 4 rings (SSSR count). The minimum atomic E-state index is -0.181. The minimum Gasteiger partial charge on any atom is -0.335 e. The lowest BCUT2D eigenvalue weighted by atomic mass is 9.96. The number of aryl methyl sites for hydroxylation is 1. The molecule has 0 spiro atoms. The Hall–Kier alpha value is -2.40. The fraction of sp³-hybridized carbons (Fsp3) is 0.409. The van der Waals surface area contributed by atoms with Crippen LogP contribution in [0, 0.1) is 12.7 Å². The first kappa shape index (κ1) is 18.0. The number of piperidine rings is 1. The highest BCUT2D eigenvalue weighted by atomic mass is 19.1. The van der Waals surface area contributed by atoms with Crippen molar-refractivity contribution in [3.63, 3.8) is 0 Å². The van der Waals surface area contributed by atoms with Crippen molar-refractivity contribution in [2.45, 2.75) is 57.3 Å². The van der Waals surface area contributed by atoms with E-state index in [1.807, 2.05) is 43.3 Å². The van der Waals surface area contributed by atoms with Crippen molar-refractivity contribution in [3.05, 3.63) is 65.5 Å². The number of hydrogen-bond donors (Lipinski definition) is 3. The number of amides is 2. The van der Waals surface area contributed by atoms with Crippen LogP contribution in [0.1, 0.15) is 36.8 Å². The quantitative estimate of drug-likeness (QED) is 0.763. The zero-order valence-corrected chi connectivity index (χ0v) is 15.7. The highest BCUT2D eigenvalue weighted by molar-refractivity contribution is 5.90. The number of rotatable bonds is 4. The van der Waals surface area contributed by atoms with Crippen LogP contribution in [0.15, 0.2) is 48.5 Å². The van der Waals surface area contributed by atoms with Gasteiger partial charge in [0.15, 0.2) is 0 Å². The Labute approximate surface area is 159 Å². The van der Waals surface area contributed by atoms with E-state index in [1.54, 1.807) is 17.0 Å². The van der Waals surface area contributed by atoms with Crippen molar-refractivity contribution in [1.29, 1.82) is 0 Å². The van der Waals surface area contributed by atoms with Crippen LogP contribution < -0.4 is 15.5 Å². The predicted octanol–water partition coefficient (Wildman–Crippen LogP) is 3.03. The summed E-state index contributed by atoms with van der Waals surface area (Å²) in [6.45, 7) is 2.94. The van der Waals surface area contributed by atoms with Crippen molar-refractivity contribution in [1.82, 2.24) is 5.32 Å². The van der Waals surface area contributed by atoms with Crippen LogP contribution in [0.4, 0.5) is 14.9 Å². The Morgan fingerprint density at radius 1 is 1.07 bits per heavy atom. The lowest BCUT2D eigenvalue weighted by molar-refractivity contribution is -0.954. The van der Waals surface area contributed by atoms with E-state index in [2.05, 4.69) is 10.6 Å². The highest BCUT2D eigenvalue weighted by Gasteiger charge is 2.44. The normalized spacial score (nSPS) is 26.6. The lowest BCUT2D eigenvalue weighted by Gasteiger charge is -2.36. The summed E-state index contributed by atoms with van der Waals surface area (Å²) in [6, 6.07) is 15.9. The molecule has 0 saturated carbocycles. The summed E-state index contributed by atoms with van der Waals surface area (Å²) in [7, 11) is 0. The van der Waals surface area contributed by atoms with Crippen LogP contribution in [-0.4, -0.2) is 24.2 Å². The fourth-order valence-electron chi connectivity index (χ4n) is 4.73. The molecule has 3 N–H and O–H groups in total. The van der Waals surface area contributed by atoms with Gasteiger partial charge in [0.1, 0.15) is 12.4 Å². The van der Waals surface area contributed by atoms with Crippen molar-refractivity contribution < 1.29 is 14.1 Å². The molecule has 2 aromatic carbocycles. The number of urea groups is 1. The number of benzene rings is 2. The Balaban J connectivity index is 1.33. The molecule has 0 radical (unpaired) electrons.